The lowest BCUT2D eigenvalue weighted by molar-refractivity contribution is 0.0303. The van der Waals surface area contributed by atoms with Crippen molar-refractivity contribution in [3.05, 3.63) is 29.8 Å². The topological polar surface area (TPSA) is 61.9 Å². The fraction of sp³-hybridized carbons (Fsp3) is 0.556. The maximum absolute atomic E-state index is 12.5. The second kappa shape index (κ2) is 7.66. The Morgan fingerprint density at radius 2 is 1.96 bits per heavy atom. The number of rotatable bonds is 2. The highest BCUT2D eigenvalue weighted by Gasteiger charge is 2.22. The van der Waals surface area contributed by atoms with Gasteiger partial charge in [0, 0.05) is 37.4 Å². The molecule has 0 bridgehead atoms. The third-order valence-corrected chi connectivity index (χ3v) is 4.60. The number of morpholine rings is 1. The molecule has 0 aliphatic carbocycles. The monoisotopic (exact) mass is 331 g/mol. The number of carbonyl (C=O) groups is 2. The predicted molar refractivity (Wildman–Crippen MR) is 92.2 cm³/mol. The number of urea groups is 1. The lowest BCUT2D eigenvalue weighted by atomic mass is 10.0. The Morgan fingerprint density at radius 1 is 1.17 bits per heavy atom. The summed E-state index contributed by atoms with van der Waals surface area (Å²) in [6, 6.07) is 7.08. The number of hydrogen-bond acceptors (Lipinski definition) is 3. The van der Waals surface area contributed by atoms with E-state index in [4.69, 9.17) is 4.74 Å². The van der Waals surface area contributed by atoms with E-state index in [2.05, 4.69) is 12.2 Å². The van der Waals surface area contributed by atoms with Gasteiger partial charge in [-0.3, -0.25) is 4.79 Å². The summed E-state index contributed by atoms with van der Waals surface area (Å²) in [7, 11) is 0. The van der Waals surface area contributed by atoms with Crippen LogP contribution in [0.25, 0.3) is 0 Å². The molecule has 24 heavy (non-hydrogen) atoms. The molecular weight excluding hydrogens is 306 g/mol. The number of nitrogens with zero attached hydrogens (tertiary/aromatic N) is 2. The minimum atomic E-state index is -0.0856. The van der Waals surface area contributed by atoms with Gasteiger partial charge in [0.25, 0.3) is 5.91 Å². The Morgan fingerprint density at radius 3 is 2.71 bits per heavy atom. The van der Waals surface area contributed by atoms with Gasteiger partial charge in [0.15, 0.2) is 0 Å². The van der Waals surface area contributed by atoms with Crippen LogP contribution in [0.2, 0.25) is 0 Å². The molecule has 3 amide bonds. The molecule has 1 unspecified atom stereocenters. The first kappa shape index (κ1) is 16.8. The first-order valence-electron chi connectivity index (χ1n) is 8.66. The second-order valence-corrected chi connectivity index (χ2v) is 6.61. The van der Waals surface area contributed by atoms with Crippen molar-refractivity contribution in [2.24, 2.45) is 5.92 Å². The maximum Gasteiger partial charge on any atom is 0.321 e. The van der Waals surface area contributed by atoms with Gasteiger partial charge in [0.2, 0.25) is 0 Å². The number of benzene rings is 1. The molecule has 0 spiro atoms. The summed E-state index contributed by atoms with van der Waals surface area (Å²) in [6.07, 6.45) is 2.22. The molecule has 6 heteroatoms. The number of carbonyl (C=O) groups excluding carboxylic acids is 2. The number of amides is 3. The van der Waals surface area contributed by atoms with E-state index in [0.717, 1.165) is 19.5 Å². The van der Waals surface area contributed by atoms with E-state index in [0.29, 0.717) is 43.5 Å². The van der Waals surface area contributed by atoms with Crippen molar-refractivity contribution in [1.29, 1.82) is 0 Å². The molecule has 1 aromatic carbocycles. The van der Waals surface area contributed by atoms with Crippen LogP contribution in [0.5, 0.6) is 0 Å². The Bertz CT molecular complexity index is 599. The second-order valence-electron chi connectivity index (χ2n) is 6.61. The normalized spacial score (nSPS) is 21.5. The van der Waals surface area contributed by atoms with Crippen LogP contribution < -0.4 is 5.32 Å². The van der Waals surface area contributed by atoms with Gasteiger partial charge in [-0.05, 0) is 37.0 Å². The Balaban J connectivity index is 1.64. The quantitative estimate of drug-likeness (QED) is 0.905. The van der Waals surface area contributed by atoms with E-state index in [9.17, 15) is 9.59 Å². The third kappa shape index (κ3) is 4.06. The lowest BCUT2D eigenvalue weighted by Gasteiger charge is -2.31. The van der Waals surface area contributed by atoms with Gasteiger partial charge in [-0.25, -0.2) is 4.79 Å². The highest BCUT2D eigenvalue weighted by atomic mass is 16.5. The summed E-state index contributed by atoms with van der Waals surface area (Å²) >= 11 is 0. The average Bonchev–Trinajstić information content (AvgIpc) is 2.62. The summed E-state index contributed by atoms with van der Waals surface area (Å²) in [5.41, 5.74) is 1.26. The van der Waals surface area contributed by atoms with Crippen LogP contribution in [-0.4, -0.2) is 61.1 Å². The highest BCUT2D eigenvalue weighted by Crippen LogP contribution is 2.18. The van der Waals surface area contributed by atoms with Crippen molar-refractivity contribution in [3.8, 4) is 0 Å². The zero-order chi connectivity index (χ0) is 16.9. The molecule has 2 aliphatic rings. The van der Waals surface area contributed by atoms with Crippen LogP contribution >= 0.6 is 0 Å². The van der Waals surface area contributed by atoms with Gasteiger partial charge < -0.3 is 19.9 Å². The van der Waals surface area contributed by atoms with Gasteiger partial charge in [0.1, 0.15) is 0 Å². The van der Waals surface area contributed by atoms with Crippen molar-refractivity contribution in [2.75, 3.05) is 44.7 Å². The van der Waals surface area contributed by atoms with Crippen LogP contribution in [0.15, 0.2) is 24.3 Å². The van der Waals surface area contributed by atoms with Crippen LogP contribution in [0.4, 0.5) is 10.5 Å². The standard InChI is InChI=1S/C18H25N3O3/c1-14-4-3-7-21(13-14)18(23)19-16-6-2-5-15(12-16)17(22)20-8-10-24-11-9-20/h2,5-6,12,14H,3-4,7-11,13H2,1H3,(H,19,23). The lowest BCUT2D eigenvalue weighted by Crippen LogP contribution is -2.42. The third-order valence-electron chi connectivity index (χ3n) is 4.60. The summed E-state index contributed by atoms with van der Waals surface area (Å²) in [6.45, 7) is 6.13. The Kier molecular flexibility index (Phi) is 5.35. The molecule has 3 rings (SSSR count). The predicted octanol–water partition coefficient (Wildman–Crippen LogP) is 2.42. The van der Waals surface area contributed by atoms with E-state index in [1.807, 2.05) is 17.0 Å². The summed E-state index contributed by atoms with van der Waals surface area (Å²) in [4.78, 5) is 28.6. The number of nitrogens with one attached hydrogen (secondary N) is 1. The minimum absolute atomic E-state index is 0.0130. The summed E-state index contributed by atoms with van der Waals surface area (Å²) < 4.78 is 5.28. The molecule has 1 aromatic rings. The molecule has 6 nitrogen and oxygen atoms in total. The molecule has 2 saturated heterocycles. The van der Waals surface area contributed by atoms with Crippen molar-refractivity contribution in [1.82, 2.24) is 9.80 Å². The van der Waals surface area contributed by atoms with Gasteiger partial charge in [-0.15, -0.1) is 0 Å². The van der Waals surface area contributed by atoms with Gasteiger partial charge in [0.05, 0.1) is 13.2 Å². The molecule has 1 atom stereocenters. The smallest absolute Gasteiger partial charge is 0.321 e. The molecule has 130 valence electrons. The number of ether oxygens (including phenoxy) is 1. The van der Waals surface area contributed by atoms with Crippen LogP contribution in [0, 0.1) is 5.92 Å². The fourth-order valence-electron chi connectivity index (χ4n) is 3.26. The fourth-order valence-corrected chi connectivity index (χ4v) is 3.26. The molecule has 0 saturated carbocycles. The van der Waals surface area contributed by atoms with E-state index < -0.39 is 0 Å². The van der Waals surface area contributed by atoms with E-state index in [1.54, 1.807) is 17.0 Å². The van der Waals surface area contributed by atoms with Crippen LogP contribution in [0.1, 0.15) is 30.1 Å². The molecule has 2 aliphatic heterocycles. The van der Waals surface area contributed by atoms with E-state index in [-0.39, 0.29) is 11.9 Å². The maximum atomic E-state index is 12.5. The van der Waals surface area contributed by atoms with Crippen molar-refractivity contribution in [2.45, 2.75) is 19.8 Å². The molecule has 0 radical (unpaired) electrons. The largest absolute Gasteiger partial charge is 0.378 e. The van der Waals surface area contributed by atoms with Gasteiger partial charge >= 0.3 is 6.03 Å². The van der Waals surface area contributed by atoms with Crippen molar-refractivity contribution in [3.63, 3.8) is 0 Å². The Labute approximate surface area is 142 Å². The van der Waals surface area contributed by atoms with Gasteiger partial charge in [-0.1, -0.05) is 13.0 Å². The number of likely N-dealkylation sites (tertiary alicyclic amines) is 1. The molecule has 2 heterocycles. The minimum Gasteiger partial charge on any atom is -0.378 e. The van der Waals surface area contributed by atoms with Gasteiger partial charge in [-0.2, -0.15) is 0 Å². The molecular formula is C18H25N3O3. The first-order valence-corrected chi connectivity index (χ1v) is 8.66. The van der Waals surface area contributed by atoms with E-state index >= 15 is 0 Å². The number of hydrogen-bond donors (Lipinski definition) is 1. The molecule has 2 fully saturated rings. The summed E-state index contributed by atoms with van der Waals surface area (Å²) in [5, 5.41) is 2.92. The van der Waals surface area contributed by atoms with E-state index in [1.165, 1.54) is 6.42 Å². The summed E-state index contributed by atoms with van der Waals surface area (Å²) in [5.74, 6) is 0.528. The van der Waals surface area contributed by atoms with Crippen molar-refractivity contribution < 1.29 is 14.3 Å². The Hall–Kier alpha value is -2.08. The molecule has 0 aromatic heterocycles. The molecule has 1 N–H and O–H groups in total. The highest BCUT2D eigenvalue weighted by molar-refractivity contribution is 5.97. The zero-order valence-electron chi connectivity index (χ0n) is 14.2. The first-order chi connectivity index (χ1) is 11.6. The SMILES string of the molecule is CC1CCCN(C(=O)Nc2cccc(C(=O)N3CCOCC3)c2)C1. The zero-order valence-corrected chi connectivity index (χ0v) is 14.2. The number of piperidine rings is 1. The van der Waals surface area contributed by atoms with Crippen LogP contribution in [-0.2, 0) is 4.74 Å². The van der Waals surface area contributed by atoms with Crippen molar-refractivity contribution >= 4 is 17.6 Å². The van der Waals surface area contributed by atoms with Crippen LogP contribution in [0.3, 0.4) is 0 Å². The average molecular weight is 331 g/mol. The number of anilines is 1.